The zero-order valence-corrected chi connectivity index (χ0v) is 25.9. The van der Waals surface area contributed by atoms with Crippen LogP contribution in [-0.2, 0) is 0 Å². The number of hydrogen-bond donors (Lipinski definition) is 0. The minimum atomic E-state index is 1.07. The Morgan fingerprint density at radius 2 is 1.07 bits per heavy atom. The maximum atomic E-state index is 3.98. The highest BCUT2D eigenvalue weighted by Crippen LogP contribution is 2.17. The Morgan fingerprint density at radius 1 is 0.395 bits per heavy atom. The van der Waals surface area contributed by atoms with Gasteiger partial charge in [0, 0.05) is 36.7 Å². The van der Waals surface area contributed by atoms with Gasteiger partial charge in [-0.1, -0.05) is 103 Å². The summed E-state index contributed by atoms with van der Waals surface area (Å²) >= 11 is 0. The first kappa shape index (κ1) is 32.4. The van der Waals surface area contributed by atoms with E-state index in [4.69, 9.17) is 0 Å². The van der Waals surface area contributed by atoms with Gasteiger partial charge in [-0.3, -0.25) is 15.0 Å². The van der Waals surface area contributed by atoms with Crippen LogP contribution in [0.5, 0.6) is 0 Å². The van der Waals surface area contributed by atoms with Gasteiger partial charge in [-0.15, -0.1) is 0 Å². The Bertz CT molecular complexity index is 1650. The Kier molecular flexibility index (Phi) is 13.8. The van der Waals surface area contributed by atoms with Gasteiger partial charge in [-0.25, -0.2) is 0 Å². The number of fused-ring (bicyclic) bond motifs is 2. The highest BCUT2D eigenvalue weighted by atomic mass is 14.6. The first-order valence-corrected chi connectivity index (χ1v) is 14.4. The largest absolute Gasteiger partial charge is 0.265 e. The third-order valence-electron chi connectivity index (χ3n) is 6.38. The molecule has 7 aromatic rings. The Morgan fingerprint density at radius 3 is 1.60 bits per heavy atom. The van der Waals surface area contributed by atoms with Crippen molar-refractivity contribution in [2.75, 3.05) is 0 Å². The summed E-state index contributed by atoms with van der Waals surface area (Å²) in [6, 6.07) is 43.5. The fourth-order valence-electron chi connectivity index (χ4n) is 4.02. The molecule has 3 aromatic heterocycles. The van der Waals surface area contributed by atoms with E-state index in [0.717, 1.165) is 5.69 Å². The third kappa shape index (κ3) is 12.5. The molecule has 0 fully saturated rings. The van der Waals surface area contributed by atoms with E-state index in [1.54, 1.807) is 24.8 Å². The third-order valence-corrected chi connectivity index (χ3v) is 6.38. The standard InChI is InChI=1S/2C11H10.3C6H7N/c1-9-5-4-7-10-6-2-3-8-11(9)10;1-9-6-7-10-4-2-3-5-11(10)8-9;1-6-2-4-7-5-3-6;1-6-3-2-4-7-5-6;1-6-4-2-3-5-7-6/h2*2-8H,1H3;3*2-5H,1H3. The van der Waals surface area contributed by atoms with Crippen LogP contribution in [0.3, 0.4) is 0 Å². The van der Waals surface area contributed by atoms with Crippen LogP contribution in [-0.4, -0.2) is 15.0 Å². The number of rotatable bonds is 0. The smallest absolute Gasteiger partial charge is 0.0372 e. The van der Waals surface area contributed by atoms with E-state index in [2.05, 4.69) is 114 Å². The van der Waals surface area contributed by atoms with Gasteiger partial charge in [0.25, 0.3) is 0 Å². The van der Waals surface area contributed by atoms with E-state index in [1.807, 2.05) is 69.4 Å². The Labute approximate surface area is 257 Å². The van der Waals surface area contributed by atoms with E-state index in [9.17, 15) is 0 Å². The van der Waals surface area contributed by atoms with Crippen molar-refractivity contribution < 1.29 is 0 Å². The average Bonchev–Trinajstić information content (AvgIpc) is 3.04. The Balaban J connectivity index is 0.000000150. The van der Waals surface area contributed by atoms with Gasteiger partial charge in [0.15, 0.2) is 0 Å². The zero-order chi connectivity index (χ0) is 30.7. The minimum Gasteiger partial charge on any atom is -0.265 e. The van der Waals surface area contributed by atoms with Gasteiger partial charge in [0.1, 0.15) is 0 Å². The first-order chi connectivity index (χ1) is 20.9. The molecular weight excluding hydrogens is 522 g/mol. The van der Waals surface area contributed by atoms with Crippen molar-refractivity contribution in [2.45, 2.75) is 34.6 Å². The second-order valence-corrected chi connectivity index (χ2v) is 10.2. The number of nitrogens with zero attached hydrogens (tertiary/aromatic N) is 3. The molecule has 0 atom stereocenters. The molecule has 4 aromatic carbocycles. The van der Waals surface area contributed by atoms with E-state index in [1.165, 1.54) is 43.8 Å². The lowest BCUT2D eigenvalue weighted by Crippen LogP contribution is -1.75. The van der Waals surface area contributed by atoms with E-state index < -0.39 is 0 Å². The summed E-state index contributed by atoms with van der Waals surface area (Å²) in [4.78, 5) is 11.7. The molecule has 0 N–H and O–H groups in total. The molecule has 0 spiro atoms. The van der Waals surface area contributed by atoms with Crippen LogP contribution in [0.4, 0.5) is 0 Å². The van der Waals surface area contributed by atoms with E-state index in [-0.39, 0.29) is 0 Å². The minimum absolute atomic E-state index is 1.07. The molecule has 0 bridgehead atoms. The molecule has 0 aliphatic heterocycles. The second-order valence-electron chi connectivity index (χ2n) is 10.2. The predicted molar refractivity (Wildman–Crippen MR) is 184 cm³/mol. The lowest BCUT2D eigenvalue weighted by molar-refractivity contribution is 1.20. The van der Waals surface area contributed by atoms with Crippen LogP contribution in [0.15, 0.2) is 158 Å². The number of aromatic nitrogens is 3. The molecule has 3 heterocycles. The maximum absolute atomic E-state index is 3.98. The maximum Gasteiger partial charge on any atom is 0.0372 e. The van der Waals surface area contributed by atoms with Crippen LogP contribution in [0.1, 0.15) is 27.9 Å². The summed E-state index contributed by atoms with van der Waals surface area (Å²) < 4.78 is 0. The summed E-state index contributed by atoms with van der Waals surface area (Å²) in [6.07, 6.45) is 8.97. The van der Waals surface area contributed by atoms with Crippen LogP contribution in [0.25, 0.3) is 21.5 Å². The summed E-state index contributed by atoms with van der Waals surface area (Å²) in [5.74, 6) is 0. The quantitative estimate of drug-likeness (QED) is 0.184. The predicted octanol–water partition coefficient (Wildman–Crippen LogP) is 10.5. The topological polar surface area (TPSA) is 38.7 Å². The average molecular weight is 564 g/mol. The molecule has 7 rings (SSSR count). The molecule has 0 aliphatic carbocycles. The van der Waals surface area contributed by atoms with Crippen LogP contribution in [0, 0.1) is 34.6 Å². The molecule has 43 heavy (non-hydrogen) atoms. The van der Waals surface area contributed by atoms with Crippen molar-refractivity contribution in [2.24, 2.45) is 0 Å². The van der Waals surface area contributed by atoms with Gasteiger partial charge in [-0.2, -0.15) is 0 Å². The lowest BCUT2D eigenvalue weighted by Gasteiger charge is -1.98. The van der Waals surface area contributed by atoms with Crippen molar-refractivity contribution in [1.82, 2.24) is 15.0 Å². The number of aryl methyl sites for hydroxylation is 5. The van der Waals surface area contributed by atoms with Gasteiger partial charge in [0.05, 0.1) is 0 Å². The summed E-state index contributed by atoms with van der Waals surface area (Å²) in [5, 5.41) is 5.33. The molecule has 0 saturated carbocycles. The molecule has 0 amide bonds. The van der Waals surface area contributed by atoms with Crippen molar-refractivity contribution in [3.63, 3.8) is 0 Å². The fourth-order valence-corrected chi connectivity index (χ4v) is 4.02. The highest BCUT2D eigenvalue weighted by molar-refractivity contribution is 5.85. The summed E-state index contributed by atoms with van der Waals surface area (Å²) in [7, 11) is 0. The molecule has 0 saturated heterocycles. The monoisotopic (exact) mass is 563 g/mol. The molecule has 216 valence electrons. The molecular formula is C40H41N3. The van der Waals surface area contributed by atoms with Crippen molar-refractivity contribution in [3.8, 4) is 0 Å². The van der Waals surface area contributed by atoms with Gasteiger partial charge in [-0.05, 0) is 103 Å². The molecule has 0 radical (unpaired) electrons. The van der Waals surface area contributed by atoms with Crippen molar-refractivity contribution in [1.29, 1.82) is 0 Å². The highest BCUT2D eigenvalue weighted by Gasteiger charge is 1.92. The fraction of sp³-hybridized carbons (Fsp3) is 0.125. The molecule has 3 nitrogen and oxygen atoms in total. The van der Waals surface area contributed by atoms with Gasteiger partial charge >= 0.3 is 0 Å². The second kappa shape index (κ2) is 18.3. The molecule has 0 aliphatic rings. The normalized spacial score (nSPS) is 9.51. The van der Waals surface area contributed by atoms with Gasteiger partial charge in [0.2, 0.25) is 0 Å². The molecule has 3 heteroatoms. The first-order valence-electron chi connectivity index (χ1n) is 14.4. The number of benzene rings is 4. The van der Waals surface area contributed by atoms with Crippen molar-refractivity contribution >= 4 is 21.5 Å². The zero-order valence-electron chi connectivity index (χ0n) is 25.9. The number of hydrogen-bond acceptors (Lipinski definition) is 3. The number of pyridine rings is 3. The van der Waals surface area contributed by atoms with E-state index >= 15 is 0 Å². The van der Waals surface area contributed by atoms with E-state index in [0.29, 0.717) is 0 Å². The molecule has 0 unspecified atom stereocenters. The lowest BCUT2D eigenvalue weighted by atomic mass is 10.1. The van der Waals surface area contributed by atoms with Crippen LogP contribution >= 0.6 is 0 Å². The van der Waals surface area contributed by atoms with Crippen molar-refractivity contribution in [3.05, 3.63) is 186 Å². The van der Waals surface area contributed by atoms with Gasteiger partial charge < -0.3 is 0 Å². The van der Waals surface area contributed by atoms with Crippen LogP contribution in [0.2, 0.25) is 0 Å². The SMILES string of the molecule is Cc1ccc2ccccc2c1.Cc1cccc2ccccc12.Cc1ccccn1.Cc1cccnc1.Cc1ccncc1. The summed E-state index contributed by atoms with van der Waals surface area (Å²) in [6.45, 7) is 10.3. The Hall–Kier alpha value is -5.15. The summed E-state index contributed by atoms with van der Waals surface area (Å²) in [5.41, 5.74) is 6.21. The van der Waals surface area contributed by atoms with Crippen LogP contribution < -0.4 is 0 Å².